The van der Waals surface area contributed by atoms with E-state index in [-0.39, 0.29) is 25.7 Å². The predicted molar refractivity (Wildman–Crippen MR) is 472 cm³/mol. The minimum absolute atomic E-state index is 0.0108. The lowest BCUT2D eigenvalue weighted by molar-refractivity contribution is -0.360. The highest BCUT2D eigenvalue weighted by atomic mass is 31.2. The standard InChI is InChI=1S/C95H177O25P/c1-6-10-14-18-22-25-28-31-34-37-40-43-46-49-56-63-69-81(100)117-90-86(105)87(106)91(118-94-88(107)84(103)82(101)76(70-96)115-94)93(92(90)119-95-89(108)85(104)83(102)77(116-95)73-112-79(98)67-61-55-48-45-42-39-36-33-30-27-24-20-16-12-8-3)120-121(109,110)113-72-75(71-111-78(97)66-60-54-47-44-41-38-35-32-29-26-23-19-15-11-7-2)114-80(99)68-62-57-51-50-53-59-65-74(5)64-58-52-21-17-13-9-4/h27,30,74-77,82-96,101-108H,6-26,28-29,31-73H2,1-5H3,(H,109,110)/b30-27-. The number of rotatable bonds is 80. The Hall–Kier alpha value is -2.79. The molecule has 25 nitrogen and oxygen atoms in total. The topological polar surface area (TPSA) is 380 Å². The summed E-state index contributed by atoms with van der Waals surface area (Å²) in [6, 6.07) is 0. The highest BCUT2D eigenvalue weighted by molar-refractivity contribution is 7.47. The summed E-state index contributed by atoms with van der Waals surface area (Å²) in [5.74, 6) is -2.28. The maximum absolute atomic E-state index is 14.9. The van der Waals surface area contributed by atoms with E-state index in [1.54, 1.807) is 0 Å². The maximum Gasteiger partial charge on any atom is 0.472 e. The maximum atomic E-state index is 14.9. The number of hydrogen-bond acceptors (Lipinski definition) is 24. The predicted octanol–water partition coefficient (Wildman–Crippen LogP) is 19.0. The second kappa shape index (κ2) is 73.0. The first-order valence-electron chi connectivity index (χ1n) is 49.3. The molecule has 0 spiro atoms. The van der Waals surface area contributed by atoms with Crippen LogP contribution in [0.3, 0.4) is 0 Å². The summed E-state index contributed by atoms with van der Waals surface area (Å²) in [5, 5.41) is 103. The van der Waals surface area contributed by atoms with E-state index in [1.165, 1.54) is 193 Å². The van der Waals surface area contributed by atoms with Gasteiger partial charge < -0.3 is 88.7 Å². The van der Waals surface area contributed by atoms with Crippen molar-refractivity contribution < 1.29 is 122 Å². The first-order valence-corrected chi connectivity index (χ1v) is 50.8. The first-order chi connectivity index (χ1) is 58.6. The number of ether oxygens (including phenoxy) is 8. The van der Waals surface area contributed by atoms with Crippen LogP contribution >= 0.6 is 7.82 Å². The molecule has 2 heterocycles. The van der Waals surface area contributed by atoms with E-state index in [9.17, 15) is 74.6 Å². The smallest absolute Gasteiger partial charge is 0.463 e. The molecule has 1 aliphatic carbocycles. The zero-order valence-corrected chi connectivity index (χ0v) is 77.2. The Kier molecular flexibility index (Phi) is 67.8. The Bertz CT molecular complexity index is 2570. The molecule has 26 heteroatoms. The fourth-order valence-corrected chi connectivity index (χ4v) is 17.5. The molecule has 0 amide bonds. The molecule has 0 aromatic carbocycles. The zero-order chi connectivity index (χ0) is 88.4. The number of carbonyl (C=O) groups excluding carboxylic acids is 4. The number of phosphoric acid groups is 1. The van der Waals surface area contributed by atoms with Gasteiger partial charge >= 0.3 is 31.7 Å². The van der Waals surface area contributed by atoms with Crippen molar-refractivity contribution in [1.82, 2.24) is 0 Å². The van der Waals surface area contributed by atoms with Crippen molar-refractivity contribution in [3.8, 4) is 0 Å². The average Bonchev–Trinajstić information content (AvgIpc) is 0.753. The number of esters is 4. The minimum Gasteiger partial charge on any atom is -0.463 e. The van der Waals surface area contributed by atoms with Gasteiger partial charge in [-0.1, -0.05) is 368 Å². The lowest BCUT2D eigenvalue weighted by Gasteiger charge is -2.50. The van der Waals surface area contributed by atoms with Gasteiger partial charge in [0.05, 0.1) is 13.2 Å². The second-order valence-corrected chi connectivity index (χ2v) is 37.0. The third-order valence-electron chi connectivity index (χ3n) is 24.4. The van der Waals surface area contributed by atoms with Gasteiger partial charge in [0.1, 0.15) is 92.6 Å². The first kappa shape index (κ1) is 112. The van der Waals surface area contributed by atoms with E-state index in [1.807, 2.05) is 0 Å². The molecule has 0 aromatic heterocycles. The number of aliphatic hydroxyl groups is 9. The number of phosphoric ester groups is 1. The van der Waals surface area contributed by atoms with Crippen LogP contribution in [0.5, 0.6) is 0 Å². The number of hydrogen-bond donors (Lipinski definition) is 10. The molecule has 10 N–H and O–H groups in total. The fourth-order valence-electron chi connectivity index (χ4n) is 16.5. The molecule has 1 saturated carbocycles. The van der Waals surface area contributed by atoms with Crippen molar-refractivity contribution in [1.29, 1.82) is 0 Å². The third-order valence-corrected chi connectivity index (χ3v) is 25.4. The van der Waals surface area contributed by atoms with Gasteiger partial charge in [-0.2, -0.15) is 0 Å². The van der Waals surface area contributed by atoms with Gasteiger partial charge in [0.2, 0.25) is 0 Å². The normalized spacial score (nSPS) is 24.9. The van der Waals surface area contributed by atoms with E-state index in [4.69, 9.17) is 46.9 Å². The van der Waals surface area contributed by atoms with Gasteiger partial charge in [-0.15, -0.1) is 0 Å². The van der Waals surface area contributed by atoms with Gasteiger partial charge in [0, 0.05) is 25.7 Å². The number of carbonyl (C=O) groups is 4. The number of aliphatic hydroxyl groups excluding tert-OH is 9. The summed E-state index contributed by atoms with van der Waals surface area (Å²) in [6.45, 7) is 7.96. The second-order valence-electron chi connectivity index (χ2n) is 35.6. The van der Waals surface area contributed by atoms with Crippen LogP contribution in [0.1, 0.15) is 433 Å². The molecular formula is C95H177O25P. The van der Waals surface area contributed by atoms with Crippen LogP contribution in [-0.2, 0) is 70.7 Å². The van der Waals surface area contributed by atoms with Gasteiger partial charge in [-0.05, 0) is 57.3 Å². The van der Waals surface area contributed by atoms with E-state index in [0.29, 0.717) is 38.0 Å². The molecule has 19 unspecified atom stereocenters. The van der Waals surface area contributed by atoms with Gasteiger partial charge in [-0.25, -0.2) is 4.57 Å². The summed E-state index contributed by atoms with van der Waals surface area (Å²) in [5.41, 5.74) is 0. The van der Waals surface area contributed by atoms with E-state index in [0.717, 1.165) is 148 Å². The van der Waals surface area contributed by atoms with Crippen molar-refractivity contribution in [2.24, 2.45) is 5.92 Å². The van der Waals surface area contributed by atoms with Gasteiger partial charge in [0.15, 0.2) is 24.8 Å². The SMILES string of the molecule is CCCCCC/C=C\CCCCCCCCCC(=O)OCC1OC(OC2C(OC(=O)CCCCCCCCCCCCCCCCCC)C(O)C(O)C(OC3OC(CO)C(O)C(O)C3O)C2OP(=O)(O)OCC(COC(=O)CCCCCCCCCCCCCCCCC)OC(=O)CCCCCCCCC(C)CCCCCCCC)C(O)C(O)C1O. The van der Waals surface area contributed by atoms with Crippen LogP contribution < -0.4 is 0 Å². The molecule has 2 aliphatic heterocycles. The van der Waals surface area contributed by atoms with E-state index < -0.39 is 162 Å². The molecule has 19 atom stereocenters. The van der Waals surface area contributed by atoms with Crippen LogP contribution in [0.25, 0.3) is 0 Å². The zero-order valence-electron chi connectivity index (χ0n) is 76.3. The summed E-state index contributed by atoms with van der Waals surface area (Å²) in [7, 11) is -5.81. The molecular weight excluding hydrogens is 1570 g/mol. The monoisotopic (exact) mass is 1750 g/mol. The number of unbranched alkanes of at least 4 members (excludes halogenated alkanes) is 50. The Morgan fingerprint density at radius 3 is 1.07 bits per heavy atom. The van der Waals surface area contributed by atoms with Crippen LogP contribution in [0.15, 0.2) is 12.2 Å². The fraction of sp³-hybridized carbons (Fsp3) is 0.937. The van der Waals surface area contributed by atoms with Crippen molar-refractivity contribution in [3.63, 3.8) is 0 Å². The highest BCUT2D eigenvalue weighted by Crippen LogP contribution is 2.49. The molecule has 3 rings (SSSR count). The summed E-state index contributed by atoms with van der Waals surface area (Å²) in [6.07, 6.45) is 31.8. The third kappa shape index (κ3) is 53.1. The molecule has 3 fully saturated rings. The Morgan fingerprint density at radius 1 is 0.347 bits per heavy atom. The number of allylic oxidation sites excluding steroid dienone is 2. The molecule has 2 saturated heterocycles. The quantitative estimate of drug-likeness (QED) is 0.00889. The summed E-state index contributed by atoms with van der Waals surface area (Å²) >= 11 is 0. The van der Waals surface area contributed by atoms with Crippen molar-refractivity contribution in [2.45, 2.75) is 537 Å². The van der Waals surface area contributed by atoms with Gasteiger partial charge in [-0.3, -0.25) is 28.2 Å². The molecule has 0 radical (unpaired) electrons. The van der Waals surface area contributed by atoms with Crippen molar-refractivity contribution in [3.05, 3.63) is 12.2 Å². The van der Waals surface area contributed by atoms with Crippen LogP contribution in [0.2, 0.25) is 0 Å². The lowest BCUT2D eigenvalue weighted by atomic mass is 9.84. The molecule has 0 bridgehead atoms. The van der Waals surface area contributed by atoms with Crippen molar-refractivity contribution in [2.75, 3.05) is 26.4 Å². The largest absolute Gasteiger partial charge is 0.472 e. The van der Waals surface area contributed by atoms with Crippen LogP contribution in [0, 0.1) is 5.92 Å². The van der Waals surface area contributed by atoms with Crippen LogP contribution in [-0.4, -0.2) is 205 Å². The molecule has 712 valence electrons. The van der Waals surface area contributed by atoms with E-state index >= 15 is 0 Å². The van der Waals surface area contributed by atoms with Crippen molar-refractivity contribution >= 4 is 31.7 Å². The minimum atomic E-state index is -5.81. The molecule has 3 aliphatic rings. The van der Waals surface area contributed by atoms with E-state index in [2.05, 4.69) is 46.8 Å². The highest BCUT2D eigenvalue weighted by Gasteiger charge is 2.60. The Balaban J connectivity index is 1.91. The lowest BCUT2D eigenvalue weighted by Crippen LogP contribution is -2.70. The van der Waals surface area contributed by atoms with Gasteiger partial charge in [0.25, 0.3) is 0 Å². The summed E-state index contributed by atoms with van der Waals surface area (Å²) in [4.78, 5) is 66.7. The molecule has 121 heavy (non-hydrogen) atoms. The molecule has 0 aromatic rings. The van der Waals surface area contributed by atoms with Crippen LogP contribution in [0.4, 0.5) is 0 Å². The Labute approximate surface area is 731 Å². The average molecular weight is 1750 g/mol. The Morgan fingerprint density at radius 2 is 0.669 bits per heavy atom. The summed E-state index contributed by atoms with van der Waals surface area (Å²) < 4.78 is 73.7.